The highest BCUT2D eigenvalue weighted by Gasteiger charge is 2.35. The molecule has 6 nitrogen and oxygen atoms in total. The van der Waals surface area contributed by atoms with Crippen LogP contribution < -0.4 is 10.6 Å². The van der Waals surface area contributed by atoms with Crippen molar-refractivity contribution in [2.45, 2.75) is 17.5 Å². The average molecular weight is 306 g/mol. The first-order valence-corrected chi connectivity index (χ1v) is 8.10. The molecule has 1 aliphatic rings. The number of carbonyl (C=O) groups is 1. The largest absolute Gasteiger partial charge is 0.467 e. The Morgan fingerprint density at radius 1 is 1.24 bits per heavy atom. The molecule has 1 aliphatic heterocycles. The lowest BCUT2D eigenvalue weighted by Crippen LogP contribution is -2.38. The quantitative estimate of drug-likeness (QED) is 0.901. The van der Waals surface area contributed by atoms with Crippen LogP contribution in [0, 0.1) is 0 Å². The van der Waals surface area contributed by atoms with Crippen molar-refractivity contribution in [3.05, 3.63) is 54.0 Å². The van der Waals surface area contributed by atoms with E-state index in [1.54, 1.807) is 36.4 Å². The molecule has 0 unspecified atom stereocenters. The van der Waals surface area contributed by atoms with Gasteiger partial charge in [-0.25, -0.2) is 13.2 Å². The number of sulfone groups is 1. The van der Waals surface area contributed by atoms with Crippen LogP contribution in [0.1, 0.15) is 17.4 Å². The Hall–Kier alpha value is -2.28. The summed E-state index contributed by atoms with van der Waals surface area (Å²) in [5.41, 5.74) is 0.630. The van der Waals surface area contributed by atoms with Crippen molar-refractivity contribution in [2.24, 2.45) is 0 Å². The van der Waals surface area contributed by atoms with Crippen LogP contribution in [0.3, 0.4) is 0 Å². The standard InChI is InChI=1S/C14H14N2O4S/c17-14(15-8-10-4-3-7-20-10)16-12-9-21(18,19)13-6-2-1-5-11(12)13/h1-7,12H,8-9H2,(H2,15,16,17)/t12-/m0/s1. The minimum atomic E-state index is -3.32. The molecule has 1 aromatic heterocycles. The number of nitrogens with one attached hydrogen (secondary N) is 2. The van der Waals surface area contributed by atoms with Gasteiger partial charge in [0.05, 0.1) is 29.5 Å². The zero-order chi connectivity index (χ0) is 14.9. The van der Waals surface area contributed by atoms with Crippen molar-refractivity contribution in [1.29, 1.82) is 0 Å². The smallest absolute Gasteiger partial charge is 0.315 e. The van der Waals surface area contributed by atoms with Crippen molar-refractivity contribution in [3.8, 4) is 0 Å². The fraction of sp³-hybridized carbons (Fsp3) is 0.214. The highest BCUT2D eigenvalue weighted by atomic mass is 32.2. The maximum absolute atomic E-state index is 12.0. The number of amides is 2. The van der Waals surface area contributed by atoms with E-state index in [0.717, 1.165) is 0 Å². The molecule has 110 valence electrons. The SMILES string of the molecule is O=C(NCc1ccco1)N[C@H]1CS(=O)(=O)c2ccccc21. The van der Waals surface area contributed by atoms with Crippen LogP contribution in [0.25, 0.3) is 0 Å². The van der Waals surface area contributed by atoms with Gasteiger partial charge in [-0.15, -0.1) is 0 Å². The van der Waals surface area contributed by atoms with Crippen LogP contribution in [0.5, 0.6) is 0 Å². The van der Waals surface area contributed by atoms with Gasteiger partial charge in [0.15, 0.2) is 9.84 Å². The summed E-state index contributed by atoms with van der Waals surface area (Å²) in [6.45, 7) is 0.250. The minimum Gasteiger partial charge on any atom is -0.467 e. The second-order valence-corrected chi connectivity index (χ2v) is 6.78. The van der Waals surface area contributed by atoms with E-state index in [4.69, 9.17) is 4.42 Å². The van der Waals surface area contributed by atoms with Gasteiger partial charge in [0.25, 0.3) is 0 Å². The van der Waals surface area contributed by atoms with E-state index in [1.165, 1.54) is 6.26 Å². The third kappa shape index (κ3) is 2.78. The molecule has 2 aromatic rings. The molecule has 2 heterocycles. The molecule has 7 heteroatoms. The van der Waals surface area contributed by atoms with Crippen LogP contribution in [-0.4, -0.2) is 20.2 Å². The third-order valence-electron chi connectivity index (χ3n) is 3.32. The molecule has 0 saturated heterocycles. The van der Waals surface area contributed by atoms with E-state index in [2.05, 4.69) is 10.6 Å². The molecule has 21 heavy (non-hydrogen) atoms. The van der Waals surface area contributed by atoms with E-state index in [-0.39, 0.29) is 12.3 Å². The van der Waals surface area contributed by atoms with E-state index < -0.39 is 21.9 Å². The number of fused-ring (bicyclic) bond motifs is 1. The molecular weight excluding hydrogens is 292 g/mol. The summed E-state index contributed by atoms with van der Waals surface area (Å²) in [6.07, 6.45) is 1.52. The van der Waals surface area contributed by atoms with Crippen molar-refractivity contribution >= 4 is 15.9 Å². The van der Waals surface area contributed by atoms with Gasteiger partial charge in [-0.05, 0) is 23.8 Å². The molecule has 1 atom stereocenters. The van der Waals surface area contributed by atoms with Crippen LogP contribution in [0.15, 0.2) is 52.0 Å². The minimum absolute atomic E-state index is 0.111. The first kappa shape index (κ1) is 13.7. The summed E-state index contributed by atoms with van der Waals surface area (Å²) in [5, 5.41) is 5.31. The Kier molecular flexibility index (Phi) is 3.42. The number of urea groups is 1. The van der Waals surface area contributed by atoms with Gasteiger partial charge in [0.2, 0.25) is 0 Å². The van der Waals surface area contributed by atoms with Gasteiger partial charge < -0.3 is 15.1 Å². The lowest BCUT2D eigenvalue weighted by Gasteiger charge is -2.13. The number of hydrogen-bond donors (Lipinski definition) is 2. The highest BCUT2D eigenvalue weighted by molar-refractivity contribution is 7.91. The number of furan rings is 1. The maximum atomic E-state index is 12.0. The monoisotopic (exact) mass is 306 g/mol. The van der Waals surface area contributed by atoms with Gasteiger partial charge in [0, 0.05) is 0 Å². The number of benzene rings is 1. The first-order valence-electron chi connectivity index (χ1n) is 6.45. The Balaban J connectivity index is 1.67. The van der Waals surface area contributed by atoms with Crippen LogP contribution >= 0.6 is 0 Å². The molecule has 0 fully saturated rings. The zero-order valence-electron chi connectivity index (χ0n) is 11.1. The molecule has 2 N–H and O–H groups in total. The fourth-order valence-corrected chi connectivity index (χ4v) is 4.10. The normalized spacial score (nSPS) is 19.0. The lowest BCUT2D eigenvalue weighted by molar-refractivity contribution is 0.236. The predicted molar refractivity (Wildman–Crippen MR) is 75.3 cm³/mol. The Morgan fingerprint density at radius 2 is 2.05 bits per heavy atom. The number of hydrogen-bond acceptors (Lipinski definition) is 4. The molecule has 0 aliphatic carbocycles. The lowest BCUT2D eigenvalue weighted by atomic mass is 10.1. The zero-order valence-corrected chi connectivity index (χ0v) is 11.9. The number of rotatable bonds is 3. The van der Waals surface area contributed by atoms with Crippen molar-refractivity contribution in [2.75, 3.05) is 5.75 Å². The average Bonchev–Trinajstić information content (AvgIpc) is 3.05. The van der Waals surface area contributed by atoms with E-state index in [1.807, 2.05) is 0 Å². The molecule has 2 amide bonds. The topological polar surface area (TPSA) is 88.4 Å². The predicted octanol–water partition coefficient (Wildman–Crippen LogP) is 1.61. The van der Waals surface area contributed by atoms with Gasteiger partial charge in [0.1, 0.15) is 5.76 Å². The number of carbonyl (C=O) groups excluding carboxylic acids is 1. The molecule has 0 saturated carbocycles. The highest BCUT2D eigenvalue weighted by Crippen LogP contribution is 2.32. The second kappa shape index (κ2) is 5.25. The van der Waals surface area contributed by atoms with Crippen LogP contribution in [-0.2, 0) is 16.4 Å². The van der Waals surface area contributed by atoms with Gasteiger partial charge in [-0.3, -0.25) is 0 Å². The Labute approximate surface area is 122 Å². The van der Waals surface area contributed by atoms with Gasteiger partial charge in [-0.2, -0.15) is 0 Å². The van der Waals surface area contributed by atoms with E-state index in [0.29, 0.717) is 16.2 Å². The maximum Gasteiger partial charge on any atom is 0.315 e. The van der Waals surface area contributed by atoms with Gasteiger partial charge in [-0.1, -0.05) is 18.2 Å². The van der Waals surface area contributed by atoms with Crippen molar-refractivity contribution in [1.82, 2.24) is 10.6 Å². The van der Waals surface area contributed by atoms with Gasteiger partial charge >= 0.3 is 6.03 Å². The van der Waals surface area contributed by atoms with E-state index in [9.17, 15) is 13.2 Å². The molecule has 0 spiro atoms. The molecule has 3 rings (SSSR count). The van der Waals surface area contributed by atoms with Crippen molar-refractivity contribution in [3.63, 3.8) is 0 Å². The van der Waals surface area contributed by atoms with Crippen LogP contribution in [0.4, 0.5) is 4.79 Å². The molecule has 0 radical (unpaired) electrons. The summed E-state index contributed by atoms with van der Waals surface area (Å²) >= 11 is 0. The third-order valence-corrected chi connectivity index (χ3v) is 5.14. The Morgan fingerprint density at radius 3 is 2.81 bits per heavy atom. The first-order chi connectivity index (χ1) is 10.1. The van der Waals surface area contributed by atoms with Crippen molar-refractivity contribution < 1.29 is 17.6 Å². The fourth-order valence-electron chi connectivity index (χ4n) is 2.36. The molecule has 0 bridgehead atoms. The Bertz CT molecular complexity index is 753. The molecular formula is C14H14N2O4S. The molecule has 1 aromatic carbocycles. The summed E-state index contributed by atoms with van der Waals surface area (Å²) in [5.74, 6) is 0.519. The summed E-state index contributed by atoms with van der Waals surface area (Å²) in [4.78, 5) is 12.1. The van der Waals surface area contributed by atoms with E-state index >= 15 is 0 Å². The summed E-state index contributed by atoms with van der Waals surface area (Å²) in [7, 11) is -3.32. The second-order valence-electron chi connectivity index (χ2n) is 4.78. The summed E-state index contributed by atoms with van der Waals surface area (Å²) < 4.78 is 29.1. The summed E-state index contributed by atoms with van der Waals surface area (Å²) in [6, 6.07) is 9.24. The van der Waals surface area contributed by atoms with Crippen LogP contribution in [0.2, 0.25) is 0 Å².